The van der Waals surface area contributed by atoms with Crippen LogP contribution in [-0.4, -0.2) is 38.9 Å². The molecule has 0 radical (unpaired) electrons. The molecule has 2 rings (SSSR count). The molecule has 0 unspecified atom stereocenters. The van der Waals surface area contributed by atoms with Gasteiger partial charge in [-0.05, 0) is 24.3 Å². The van der Waals surface area contributed by atoms with Crippen molar-refractivity contribution in [1.82, 2.24) is 9.73 Å². The number of hydrogen-bond acceptors (Lipinski definition) is 4. The van der Waals surface area contributed by atoms with Crippen LogP contribution < -0.4 is 5.43 Å². The van der Waals surface area contributed by atoms with Gasteiger partial charge >= 0.3 is 6.18 Å². The topological polar surface area (TPSA) is 78.8 Å². The molecule has 27 heavy (non-hydrogen) atoms. The molecule has 0 atom stereocenters. The zero-order valence-electron chi connectivity index (χ0n) is 14.4. The first kappa shape index (κ1) is 20.6. The van der Waals surface area contributed by atoms with Crippen LogP contribution in [0, 0.1) is 0 Å². The van der Waals surface area contributed by atoms with Gasteiger partial charge in [-0.2, -0.15) is 18.3 Å². The quantitative estimate of drug-likeness (QED) is 0.620. The Morgan fingerprint density at radius 3 is 2.41 bits per heavy atom. The molecule has 0 heterocycles. The van der Waals surface area contributed by atoms with Crippen molar-refractivity contribution >= 4 is 22.1 Å². The number of sulfonamides is 1. The van der Waals surface area contributed by atoms with Crippen LogP contribution in [0.3, 0.4) is 0 Å². The number of alkyl halides is 3. The van der Waals surface area contributed by atoms with E-state index >= 15 is 0 Å². The molecule has 0 aliphatic heterocycles. The minimum atomic E-state index is -4.55. The summed E-state index contributed by atoms with van der Waals surface area (Å²) >= 11 is 0. The monoisotopic (exact) mass is 399 g/mol. The maximum atomic E-state index is 12.9. The first-order valence-electron chi connectivity index (χ1n) is 7.55. The molecule has 0 fully saturated rings. The Kier molecular flexibility index (Phi) is 6.01. The molecule has 0 bridgehead atoms. The lowest BCUT2D eigenvalue weighted by Crippen LogP contribution is -2.23. The van der Waals surface area contributed by atoms with Crippen molar-refractivity contribution in [3.8, 4) is 0 Å². The normalized spacial score (nSPS) is 12.5. The van der Waals surface area contributed by atoms with Gasteiger partial charge in [-0.25, -0.2) is 18.1 Å². The summed E-state index contributed by atoms with van der Waals surface area (Å²) in [6, 6.07) is 10.0. The highest BCUT2D eigenvalue weighted by atomic mass is 32.2. The van der Waals surface area contributed by atoms with Gasteiger partial charge in [0.2, 0.25) is 10.0 Å². The molecule has 10 heteroatoms. The number of rotatable bonds is 5. The Labute approximate surface area is 154 Å². The van der Waals surface area contributed by atoms with Crippen LogP contribution in [0.5, 0.6) is 0 Å². The number of benzene rings is 2. The van der Waals surface area contributed by atoms with Gasteiger partial charge < -0.3 is 0 Å². The zero-order chi connectivity index (χ0) is 20.2. The van der Waals surface area contributed by atoms with E-state index in [1.165, 1.54) is 50.5 Å². The van der Waals surface area contributed by atoms with Gasteiger partial charge in [-0.3, -0.25) is 4.79 Å². The minimum Gasteiger partial charge on any atom is -0.267 e. The molecule has 6 nitrogen and oxygen atoms in total. The van der Waals surface area contributed by atoms with Crippen LogP contribution >= 0.6 is 0 Å². The number of nitrogens with zero attached hydrogens (tertiary/aromatic N) is 2. The first-order valence-corrected chi connectivity index (χ1v) is 8.99. The second kappa shape index (κ2) is 7.89. The number of nitrogens with one attached hydrogen (secondary N) is 1. The van der Waals surface area contributed by atoms with E-state index in [1.807, 2.05) is 0 Å². The second-order valence-corrected chi connectivity index (χ2v) is 7.75. The van der Waals surface area contributed by atoms with E-state index < -0.39 is 27.7 Å². The molecule has 0 aliphatic carbocycles. The number of amides is 1. The van der Waals surface area contributed by atoms with Crippen LogP contribution in [0.15, 0.2) is 58.5 Å². The molecular formula is C17H16F3N3O3S. The van der Waals surface area contributed by atoms with Crippen molar-refractivity contribution in [3.05, 3.63) is 65.2 Å². The molecule has 144 valence electrons. The molecule has 0 saturated heterocycles. The highest BCUT2D eigenvalue weighted by molar-refractivity contribution is 7.89. The van der Waals surface area contributed by atoms with Gasteiger partial charge in [-0.1, -0.05) is 24.3 Å². The van der Waals surface area contributed by atoms with Crippen molar-refractivity contribution in [2.45, 2.75) is 11.1 Å². The maximum absolute atomic E-state index is 12.9. The van der Waals surface area contributed by atoms with Crippen LogP contribution in [0.2, 0.25) is 0 Å². The molecule has 1 N–H and O–H groups in total. The van der Waals surface area contributed by atoms with Gasteiger partial charge in [0.05, 0.1) is 16.7 Å². The Balaban J connectivity index is 2.20. The Hall–Kier alpha value is -2.72. The number of carbonyl (C=O) groups excluding carboxylic acids is 1. The smallest absolute Gasteiger partial charge is 0.267 e. The summed E-state index contributed by atoms with van der Waals surface area (Å²) in [5.74, 6) is -0.758. The fourth-order valence-electron chi connectivity index (χ4n) is 2.10. The molecule has 2 aromatic rings. The summed E-state index contributed by atoms with van der Waals surface area (Å²) in [6.45, 7) is 0. The SMILES string of the molecule is CN(C)S(=O)(=O)c1cccc(C(=O)N/N=C\c2ccccc2C(F)(F)F)c1. The number of carbonyl (C=O) groups is 1. The van der Waals surface area contributed by atoms with Crippen molar-refractivity contribution < 1.29 is 26.4 Å². The Bertz CT molecular complexity index is 971. The highest BCUT2D eigenvalue weighted by Crippen LogP contribution is 2.31. The van der Waals surface area contributed by atoms with E-state index in [-0.39, 0.29) is 16.0 Å². The number of hydrogen-bond donors (Lipinski definition) is 1. The van der Waals surface area contributed by atoms with Gasteiger partial charge in [0.25, 0.3) is 5.91 Å². The predicted molar refractivity (Wildman–Crippen MR) is 93.8 cm³/mol. The fraction of sp³-hybridized carbons (Fsp3) is 0.176. The number of halogens is 3. The van der Waals surface area contributed by atoms with Crippen molar-refractivity contribution in [2.24, 2.45) is 5.10 Å². The van der Waals surface area contributed by atoms with Crippen LogP contribution in [0.25, 0.3) is 0 Å². The summed E-state index contributed by atoms with van der Waals surface area (Å²) < 4.78 is 63.9. The lowest BCUT2D eigenvalue weighted by Gasteiger charge is -2.12. The van der Waals surface area contributed by atoms with E-state index in [9.17, 15) is 26.4 Å². The van der Waals surface area contributed by atoms with E-state index in [0.717, 1.165) is 22.7 Å². The predicted octanol–water partition coefficient (Wildman–Crippen LogP) is 2.72. The van der Waals surface area contributed by atoms with Crippen LogP contribution in [0.1, 0.15) is 21.5 Å². The van der Waals surface area contributed by atoms with Crippen molar-refractivity contribution in [2.75, 3.05) is 14.1 Å². The Morgan fingerprint density at radius 2 is 1.78 bits per heavy atom. The van der Waals surface area contributed by atoms with Gasteiger partial charge in [0.15, 0.2) is 0 Å². The van der Waals surface area contributed by atoms with Gasteiger partial charge in [-0.15, -0.1) is 0 Å². The molecular weight excluding hydrogens is 383 g/mol. The summed E-state index contributed by atoms with van der Waals surface area (Å²) in [7, 11) is -1.03. The van der Waals surface area contributed by atoms with Gasteiger partial charge in [0, 0.05) is 25.2 Å². The molecule has 0 spiro atoms. The zero-order valence-corrected chi connectivity index (χ0v) is 15.2. The fourth-order valence-corrected chi connectivity index (χ4v) is 3.05. The second-order valence-electron chi connectivity index (χ2n) is 5.60. The molecule has 2 aromatic carbocycles. The van der Waals surface area contributed by atoms with E-state index in [1.54, 1.807) is 0 Å². The van der Waals surface area contributed by atoms with E-state index in [4.69, 9.17) is 0 Å². The third-order valence-electron chi connectivity index (χ3n) is 3.51. The highest BCUT2D eigenvalue weighted by Gasteiger charge is 2.32. The Morgan fingerprint density at radius 1 is 1.11 bits per heavy atom. The lowest BCUT2D eigenvalue weighted by molar-refractivity contribution is -0.137. The summed E-state index contributed by atoms with van der Waals surface area (Å²) in [6.07, 6.45) is -3.68. The molecule has 0 saturated carbocycles. The average Bonchev–Trinajstić information content (AvgIpc) is 2.61. The molecule has 0 aromatic heterocycles. The van der Waals surface area contributed by atoms with Gasteiger partial charge in [0.1, 0.15) is 0 Å². The average molecular weight is 399 g/mol. The van der Waals surface area contributed by atoms with Crippen LogP contribution in [-0.2, 0) is 16.2 Å². The largest absolute Gasteiger partial charge is 0.417 e. The van der Waals surface area contributed by atoms with Crippen molar-refractivity contribution in [3.63, 3.8) is 0 Å². The maximum Gasteiger partial charge on any atom is 0.417 e. The molecule has 0 aliphatic rings. The minimum absolute atomic E-state index is 0.000758. The summed E-state index contributed by atoms with van der Waals surface area (Å²) in [5, 5.41) is 3.53. The number of hydrazone groups is 1. The summed E-state index contributed by atoms with van der Waals surface area (Å²) in [5.41, 5.74) is 0.987. The van der Waals surface area contributed by atoms with E-state index in [2.05, 4.69) is 10.5 Å². The van der Waals surface area contributed by atoms with Crippen molar-refractivity contribution in [1.29, 1.82) is 0 Å². The first-order chi connectivity index (χ1) is 12.5. The van der Waals surface area contributed by atoms with E-state index in [0.29, 0.717) is 0 Å². The third-order valence-corrected chi connectivity index (χ3v) is 5.32. The lowest BCUT2D eigenvalue weighted by atomic mass is 10.1. The standard InChI is InChI=1S/C17H16F3N3O3S/c1-23(2)27(25,26)14-8-5-7-12(10-14)16(24)22-21-11-13-6-3-4-9-15(13)17(18,19)20/h3-11H,1-2H3,(H,22,24)/b21-11-. The molecule has 1 amide bonds. The summed E-state index contributed by atoms with van der Waals surface area (Å²) in [4.78, 5) is 12.0. The van der Waals surface area contributed by atoms with Crippen LogP contribution in [0.4, 0.5) is 13.2 Å². The third kappa shape index (κ3) is 4.92.